The molecule has 5 heteroatoms. The number of benzene rings is 5. The zero-order valence-electron chi connectivity index (χ0n) is 38.2. The summed E-state index contributed by atoms with van der Waals surface area (Å²) in [5.41, 5.74) is 16.6. The lowest BCUT2D eigenvalue weighted by atomic mass is 9.70. The van der Waals surface area contributed by atoms with Gasteiger partial charge in [-0.1, -0.05) is 139 Å². The molecule has 0 atom stereocenters. The van der Waals surface area contributed by atoms with Gasteiger partial charge in [-0.15, -0.1) is 0 Å². The van der Waals surface area contributed by atoms with Crippen LogP contribution in [0.25, 0.3) is 11.1 Å². The SMILES string of the molecule is Cc1ccc(N(c2ccc(C)cc2)c2ccc(C)cc2)cc1.Cc1ccc2c(c1)C(CCCCCCN1CCOCC1)(CCCCCCN1CCOCC1)c1cc(C)ccc1-2. The molecule has 0 amide bonds. The minimum atomic E-state index is 0.178. The van der Waals surface area contributed by atoms with E-state index in [0.717, 1.165) is 52.6 Å². The van der Waals surface area contributed by atoms with E-state index in [-0.39, 0.29) is 5.41 Å². The predicted molar refractivity (Wildman–Crippen MR) is 258 cm³/mol. The van der Waals surface area contributed by atoms with Crippen molar-refractivity contribution in [1.29, 1.82) is 0 Å². The third kappa shape index (κ3) is 12.0. The molecule has 0 aromatic heterocycles. The quantitative estimate of drug-likeness (QED) is 0.0872. The summed E-state index contributed by atoms with van der Waals surface area (Å²) in [6.45, 7) is 21.5. The van der Waals surface area contributed by atoms with Crippen molar-refractivity contribution in [2.75, 3.05) is 70.6 Å². The molecule has 5 nitrogen and oxygen atoms in total. The molecule has 0 saturated carbocycles. The van der Waals surface area contributed by atoms with Crippen LogP contribution in [0.2, 0.25) is 0 Å². The Hall–Kier alpha value is -4.26. The maximum absolute atomic E-state index is 5.52. The zero-order valence-corrected chi connectivity index (χ0v) is 38.2. The van der Waals surface area contributed by atoms with Gasteiger partial charge in [0.25, 0.3) is 0 Å². The topological polar surface area (TPSA) is 28.2 Å². The van der Waals surface area contributed by atoms with Gasteiger partial charge in [-0.3, -0.25) is 9.80 Å². The first-order valence-electron chi connectivity index (χ1n) is 23.6. The van der Waals surface area contributed by atoms with Gasteiger partial charge in [0.1, 0.15) is 0 Å². The van der Waals surface area contributed by atoms with E-state index in [1.165, 1.54) is 133 Å². The van der Waals surface area contributed by atoms with E-state index in [2.05, 4.69) is 159 Å². The van der Waals surface area contributed by atoms with E-state index >= 15 is 0 Å². The fourth-order valence-corrected chi connectivity index (χ4v) is 9.80. The van der Waals surface area contributed by atoms with Gasteiger partial charge in [0.05, 0.1) is 26.4 Å². The smallest absolute Gasteiger partial charge is 0.0594 e. The standard InChI is InChI=1S/C35H52N2O2.C21H21N/c1-29-11-13-31-32-14-12-30(2)28-34(32)35(33(31)27-29,15-7-3-5-9-17-36-19-23-38-24-20-36)16-8-4-6-10-18-37-21-25-39-26-22-37;1-16-4-10-19(11-5-16)22(20-12-6-17(2)7-13-20)21-14-8-18(3)9-15-21/h11-14,27-28H,3-10,15-26H2,1-2H3;4-15H,1-3H3. The third-order valence-electron chi connectivity index (χ3n) is 13.4. The molecule has 1 aliphatic carbocycles. The predicted octanol–water partition coefficient (Wildman–Crippen LogP) is 13.2. The number of fused-ring (bicyclic) bond motifs is 3. The minimum absolute atomic E-state index is 0.178. The number of morpholine rings is 2. The van der Waals surface area contributed by atoms with Crippen LogP contribution in [0, 0.1) is 34.6 Å². The average molecular weight is 820 g/mol. The Kier molecular flexibility index (Phi) is 16.3. The van der Waals surface area contributed by atoms with E-state index in [9.17, 15) is 0 Å². The normalized spacial score (nSPS) is 16.1. The van der Waals surface area contributed by atoms with Crippen LogP contribution in [-0.4, -0.2) is 75.5 Å². The largest absolute Gasteiger partial charge is 0.379 e. The zero-order chi connectivity index (χ0) is 42.4. The van der Waals surface area contributed by atoms with Crippen LogP contribution in [-0.2, 0) is 14.9 Å². The van der Waals surface area contributed by atoms with Crippen LogP contribution in [0.1, 0.15) is 103 Å². The lowest BCUT2D eigenvalue weighted by molar-refractivity contribution is 0.0371. The maximum Gasteiger partial charge on any atom is 0.0594 e. The van der Waals surface area contributed by atoms with Crippen LogP contribution < -0.4 is 4.90 Å². The first kappa shape index (κ1) is 44.8. The van der Waals surface area contributed by atoms with E-state index in [1.807, 2.05) is 0 Å². The highest BCUT2D eigenvalue weighted by Gasteiger charge is 2.42. The van der Waals surface area contributed by atoms with Crippen molar-refractivity contribution in [3.63, 3.8) is 0 Å². The summed E-state index contributed by atoms with van der Waals surface area (Å²) in [5, 5.41) is 0. The molecule has 8 rings (SSSR count). The molecule has 2 saturated heterocycles. The monoisotopic (exact) mass is 820 g/mol. The number of aryl methyl sites for hydroxylation is 5. The van der Waals surface area contributed by atoms with Crippen molar-refractivity contribution in [1.82, 2.24) is 9.80 Å². The summed E-state index contributed by atoms with van der Waals surface area (Å²) in [5.74, 6) is 0. The number of unbranched alkanes of at least 4 members (excludes halogenated alkanes) is 6. The van der Waals surface area contributed by atoms with Crippen LogP contribution in [0.3, 0.4) is 0 Å². The van der Waals surface area contributed by atoms with Crippen molar-refractivity contribution in [2.45, 2.75) is 104 Å². The van der Waals surface area contributed by atoms with Gasteiger partial charge in [0.15, 0.2) is 0 Å². The number of anilines is 3. The van der Waals surface area contributed by atoms with Crippen LogP contribution in [0.5, 0.6) is 0 Å². The molecule has 2 aliphatic heterocycles. The van der Waals surface area contributed by atoms with Crippen molar-refractivity contribution in [3.8, 4) is 11.1 Å². The van der Waals surface area contributed by atoms with Crippen LogP contribution in [0.15, 0.2) is 109 Å². The number of hydrogen-bond donors (Lipinski definition) is 0. The van der Waals surface area contributed by atoms with Crippen LogP contribution >= 0.6 is 0 Å². The molecule has 61 heavy (non-hydrogen) atoms. The summed E-state index contributed by atoms with van der Waals surface area (Å²) < 4.78 is 11.0. The Morgan fingerprint density at radius 1 is 0.410 bits per heavy atom. The highest BCUT2D eigenvalue weighted by atomic mass is 16.5. The van der Waals surface area contributed by atoms with Gasteiger partial charge in [0.2, 0.25) is 0 Å². The molecule has 2 heterocycles. The molecule has 0 unspecified atom stereocenters. The second kappa shape index (κ2) is 22.2. The first-order chi connectivity index (χ1) is 29.8. The van der Waals surface area contributed by atoms with Crippen molar-refractivity contribution in [3.05, 3.63) is 148 Å². The molecule has 0 N–H and O–H groups in total. The van der Waals surface area contributed by atoms with Crippen molar-refractivity contribution < 1.29 is 9.47 Å². The lowest BCUT2D eigenvalue weighted by Crippen LogP contribution is -2.36. The van der Waals surface area contributed by atoms with E-state index < -0.39 is 0 Å². The lowest BCUT2D eigenvalue weighted by Gasteiger charge is -2.33. The van der Waals surface area contributed by atoms with Crippen molar-refractivity contribution >= 4 is 17.1 Å². The van der Waals surface area contributed by atoms with E-state index in [4.69, 9.17) is 9.47 Å². The molecule has 2 fully saturated rings. The Balaban J connectivity index is 0.000000215. The van der Waals surface area contributed by atoms with Gasteiger partial charge in [-0.25, -0.2) is 0 Å². The fraction of sp³-hybridized carbons (Fsp3) is 0.464. The molecule has 0 bridgehead atoms. The summed E-state index contributed by atoms with van der Waals surface area (Å²) in [6.07, 6.45) is 13.2. The van der Waals surface area contributed by atoms with Crippen molar-refractivity contribution in [2.24, 2.45) is 0 Å². The van der Waals surface area contributed by atoms with Gasteiger partial charge in [0, 0.05) is 48.7 Å². The number of ether oxygens (including phenoxy) is 2. The molecular formula is C56H73N3O2. The molecular weight excluding hydrogens is 747 g/mol. The second-order valence-electron chi connectivity index (χ2n) is 18.3. The fourth-order valence-electron chi connectivity index (χ4n) is 9.80. The number of hydrogen-bond acceptors (Lipinski definition) is 5. The van der Waals surface area contributed by atoms with Gasteiger partial charge >= 0.3 is 0 Å². The average Bonchev–Trinajstić information content (AvgIpc) is 3.53. The molecule has 0 spiro atoms. The molecule has 5 aromatic carbocycles. The van der Waals surface area contributed by atoms with E-state index in [0.29, 0.717) is 0 Å². The number of rotatable bonds is 17. The Morgan fingerprint density at radius 2 is 0.738 bits per heavy atom. The molecule has 324 valence electrons. The highest BCUT2D eigenvalue weighted by Crippen LogP contribution is 2.54. The van der Waals surface area contributed by atoms with Gasteiger partial charge in [-0.2, -0.15) is 0 Å². The van der Waals surface area contributed by atoms with Crippen LogP contribution in [0.4, 0.5) is 17.1 Å². The third-order valence-corrected chi connectivity index (χ3v) is 13.4. The maximum atomic E-state index is 5.52. The Labute approximate surface area is 369 Å². The molecule has 3 aliphatic rings. The minimum Gasteiger partial charge on any atom is -0.379 e. The van der Waals surface area contributed by atoms with Gasteiger partial charge in [-0.05, 0) is 132 Å². The summed E-state index contributed by atoms with van der Waals surface area (Å²) in [7, 11) is 0. The molecule has 0 radical (unpaired) electrons. The second-order valence-corrected chi connectivity index (χ2v) is 18.3. The Bertz CT molecular complexity index is 1890. The highest BCUT2D eigenvalue weighted by molar-refractivity contribution is 5.82. The number of nitrogens with zero attached hydrogens (tertiary/aromatic N) is 3. The van der Waals surface area contributed by atoms with Gasteiger partial charge < -0.3 is 14.4 Å². The summed E-state index contributed by atoms with van der Waals surface area (Å²) in [6, 6.07) is 40.5. The summed E-state index contributed by atoms with van der Waals surface area (Å²) in [4.78, 5) is 7.45. The van der Waals surface area contributed by atoms with E-state index in [1.54, 1.807) is 11.1 Å². The summed E-state index contributed by atoms with van der Waals surface area (Å²) >= 11 is 0. The molecule has 5 aromatic rings. The Morgan fingerprint density at radius 3 is 1.10 bits per heavy atom. The first-order valence-corrected chi connectivity index (χ1v) is 23.6.